The van der Waals surface area contributed by atoms with E-state index in [0.29, 0.717) is 11.9 Å². The Labute approximate surface area is 126 Å². The van der Waals surface area contributed by atoms with Crippen LogP contribution < -0.4 is 11.1 Å². The van der Waals surface area contributed by atoms with Crippen LogP contribution in [0.3, 0.4) is 0 Å². The summed E-state index contributed by atoms with van der Waals surface area (Å²) >= 11 is 1.78. The van der Waals surface area contributed by atoms with E-state index in [4.69, 9.17) is 5.73 Å². The van der Waals surface area contributed by atoms with Gasteiger partial charge in [-0.2, -0.15) is 0 Å². The minimum atomic E-state index is 0.575. The van der Waals surface area contributed by atoms with Crippen molar-refractivity contribution < 1.29 is 0 Å². The molecule has 0 amide bonds. The first-order valence-electron chi connectivity index (χ1n) is 7.52. The van der Waals surface area contributed by atoms with E-state index in [0.717, 1.165) is 26.1 Å². The largest absolute Gasteiger partial charge is 0.370 e. The number of nitrogens with one attached hydrogen (secondary N) is 1. The molecule has 1 unspecified atom stereocenters. The number of likely N-dealkylation sites (tertiary alicyclic amines) is 1. The van der Waals surface area contributed by atoms with Crippen LogP contribution >= 0.6 is 11.3 Å². The fourth-order valence-corrected chi connectivity index (χ4v) is 3.25. The molecule has 0 aromatic carbocycles. The maximum absolute atomic E-state index is 5.90. The Kier molecular flexibility index (Phi) is 6.33. The zero-order valence-electron chi connectivity index (χ0n) is 12.3. The van der Waals surface area contributed by atoms with Crippen LogP contribution in [0.2, 0.25) is 0 Å². The van der Waals surface area contributed by atoms with Gasteiger partial charge in [0.2, 0.25) is 0 Å². The van der Waals surface area contributed by atoms with E-state index in [1.165, 1.54) is 30.8 Å². The molecule has 5 heteroatoms. The van der Waals surface area contributed by atoms with Crippen molar-refractivity contribution >= 4 is 17.3 Å². The number of aliphatic imine (C=N–C) groups is 1. The summed E-state index contributed by atoms with van der Waals surface area (Å²) in [5.41, 5.74) is 5.90. The predicted octanol–water partition coefficient (Wildman–Crippen LogP) is 1.93. The Balaban J connectivity index is 1.60. The second kappa shape index (κ2) is 8.27. The molecule has 0 bridgehead atoms. The highest BCUT2D eigenvalue weighted by Gasteiger charge is 2.14. The quantitative estimate of drug-likeness (QED) is 0.597. The van der Waals surface area contributed by atoms with Crippen molar-refractivity contribution in [2.24, 2.45) is 16.6 Å². The number of hydrogen-bond donors (Lipinski definition) is 2. The van der Waals surface area contributed by atoms with Gasteiger partial charge in [-0.1, -0.05) is 13.0 Å². The van der Waals surface area contributed by atoms with E-state index in [2.05, 4.69) is 39.6 Å². The average Bonchev–Trinajstić information content (AvgIpc) is 3.09. The Morgan fingerprint density at radius 3 is 3.00 bits per heavy atom. The van der Waals surface area contributed by atoms with Gasteiger partial charge in [0.05, 0.1) is 0 Å². The van der Waals surface area contributed by atoms with Gasteiger partial charge in [0.1, 0.15) is 0 Å². The highest BCUT2D eigenvalue weighted by atomic mass is 32.1. The van der Waals surface area contributed by atoms with Crippen LogP contribution in [-0.4, -0.2) is 43.6 Å². The number of nitrogens with zero attached hydrogens (tertiary/aromatic N) is 2. The molecule has 0 aliphatic carbocycles. The molecule has 0 saturated carbocycles. The van der Waals surface area contributed by atoms with E-state index in [9.17, 15) is 0 Å². The summed E-state index contributed by atoms with van der Waals surface area (Å²) in [5.74, 6) is 1.15. The van der Waals surface area contributed by atoms with Crippen molar-refractivity contribution in [2.75, 3.05) is 32.7 Å². The Bertz CT molecular complexity index is 396. The molecule has 1 fully saturated rings. The molecular weight excluding hydrogens is 268 g/mol. The average molecular weight is 294 g/mol. The van der Waals surface area contributed by atoms with Gasteiger partial charge in [-0.05, 0) is 49.7 Å². The highest BCUT2D eigenvalue weighted by Crippen LogP contribution is 2.10. The van der Waals surface area contributed by atoms with Gasteiger partial charge < -0.3 is 16.0 Å². The van der Waals surface area contributed by atoms with Crippen LogP contribution in [0.4, 0.5) is 0 Å². The van der Waals surface area contributed by atoms with Crippen LogP contribution in [0.1, 0.15) is 24.6 Å². The summed E-state index contributed by atoms with van der Waals surface area (Å²) in [7, 11) is 0. The predicted molar refractivity (Wildman–Crippen MR) is 87.4 cm³/mol. The van der Waals surface area contributed by atoms with Crippen molar-refractivity contribution in [1.82, 2.24) is 10.2 Å². The number of hydrogen-bond acceptors (Lipinski definition) is 3. The van der Waals surface area contributed by atoms with Crippen molar-refractivity contribution in [3.05, 3.63) is 22.4 Å². The fraction of sp³-hybridized carbons (Fsp3) is 0.667. The van der Waals surface area contributed by atoms with Crippen molar-refractivity contribution in [2.45, 2.75) is 26.2 Å². The van der Waals surface area contributed by atoms with E-state index < -0.39 is 0 Å². The molecule has 1 atom stereocenters. The minimum absolute atomic E-state index is 0.575. The van der Waals surface area contributed by atoms with E-state index in [1.807, 2.05) is 0 Å². The van der Waals surface area contributed by atoms with Crippen LogP contribution in [0.15, 0.2) is 22.5 Å². The Hall–Kier alpha value is -1.07. The maximum Gasteiger partial charge on any atom is 0.188 e. The van der Waals surface area contributed by atoms with Gasteiger partial charge in [-0.3, -0.25) is 4.99 Å². The summed E-state index contributed by atoms with van der Waals surface area (Å²) in [4.78, 5) is 8.36. The summed E-state index contributed by atoms with van der Waals surface area (Å²) in [5, 5.41) is 5.29. The minimum Gasteiger partial charge on any atom is -0.370 e. The molecule has 3 N–H and O–H groups in total. The first-order chi connectivity index (χ1) is 9.74. The van der Waals surface area contributed by atoms with Crippen LogP contribution in [-0.2, 0) is 6.42 Å². The molecule has 20 heavy (non-hydrogen) atoms. The molecule has 1 aromatic rings. The zero-order chi connectivity index (χ0) is 14.2. The summed E-state index contributed by atoms with van der Waals surface area (Å²) in [6, 6.07) is 4.23. The smallest absolute Gasteiger partial charge is 0.188 e. The lowest BCUT2D eigenvalue weighted by Crippen LogP contribution is -2.34. The monoisotopic (exact) mass is 294 g/mol. The van der Waals surface area contributed by atoms with Crippen molar-refractivity contribution in [3.8, 4) is 0 Å². The third kappa shape index (κ3) is 5.51. The third-order valence-corrected chi connectivity index (χ3v) is 4.54. The zero-order valence-corrected chi connectivity index (χ0v) is 13.2. The van der Waals surface area contributed by atoms with Crippen LogP contribution in [0.5, 0.6) is 0 Å². The van der Waals surface area contributed by atoms with Gasteiger partial charge in [0, 0.05) is 24.5 Å². The third-order valence-electron chi connectivity index (χ3n) is 3.60. The molecule has 112 valence electrons. The van der Waals surface area contributed by atoms with Gasteiger partial charge in [0.15, 0.2) is 5.96 Å². The van der Waals surface area contributed by atoms with E-state index >= 15 is 0 Å². The Morgan fingerprint density at radius 1 is 1.50 bits per heavy atom. The number of guanidine groups is 1. The number of rotatable bonds is 7. The van der Waals surface area contributed by atoms with Crippen molar-refractivity contribution in [3.63, 3.8) is 0 Å². The molecule has 0 radical (unpaired) electrons. The van der Waals surface area contributed by atoms with E-state index in [1.54, 1.807) is 11.3 Å². The Morgan fingerprint density at radius 2 is 2.30 bits per heavy atom. The second-order valence-electron chi connectivity index (χ2n) is 5.59. The van der Waals surface area contributed by atoms with Crippen molar-refractivity contribution in [1.29, 1.82) is 0 Å². The summed E-state index contributed by atoms with van der Waals surface area (Å²) < 4.78 is 0. The van der Waals surface area contributed by atoms with Crippen LogP contribution in [0, 0.1) is 5.92 Å². The number of thiophene rings is 1. The van der Waals surface area contributed by atoms with E-state index in [-0.39, 0.29) is 0 Å². The summed E-state index contributed by atoms with van der Waals surface area (Å²) in [6.45, 7) is 7.57. The lowest BCUT2D eigenvalue weighted by Gasteiger charge is -2.18. The SMILES string of the molecule is CC(CN=C(N)NCCc1cccs1)CN1CCCC1. The molecule has 1 aromatic heterocycles. The molecule has 1 aliphatic rings. The number of nitrogens with two attached hydrogens (primary N) is 1. The molecular formula is C15H26N4S. The van der Waals surface area contributed by atoms with Crippen LogP contribution in [0.25, 0.3) is 0 Å². The lowest BCUT2D eigenvalue weighted by molar-refractivity contribution is 0.291. The lowest BCUT2D eigenvalue weighted by atomic mass is 10.2. The maximum atomic E-state index is 5.90. The normalized spacial score (nSPS) is 18.4. The first-order valence-corrected chi connectivity index (χ1v) is 8.40. The second-order valence-corrected chi connectivity index (χ2v) is 6.63. The highest BCUT2D eigenvalue weighted by molar-refractivity contribution is 7.09. The standard InChI is InChI=1S/C15H26N4S/c1-13(12-19-8-2-3-9-19)11-18-15(16)17-7-6-14-5-4-10-20-14/h4-5,10,13H,2-3,6-9,11-12H2,1H3,(H3,16,17,18). The first kappa shape index (κ1) is 15.3. The topological polar surface area (TPSA) is 53.6 Å². The molecule has 2 rings (SSSR count). The molecule has 4 nitrogen and oxygen atoms in total. The molecule has 1 aliphatic heterocycles. The fourth-order valence-electron chi connectivity index (χ4n) is 2.54. The molecule has 2 heterocycles. The van der Waals surface area contributed by atoms with Gasteiger partial charge >= 0.3 is 0 Å². The summed E-state index contributed by atoms with van der Waals surface area (Å²) in [6.07, 6.45) is 3.71. The molecule has 1 saturated heterocycles. The van der Waals surface area contributed by atoms with Gasteiger partial charge in [0.25, 0.3) is 0 Å². The van der Waals surface area contributed by atoms with Gasteiger partial charge in [-0.25, -0.2) is 0 Å². The molecule has 0 spiro atoms. The van der Waals surface area contributed by atoms with Gasteiger partial charge in [-0.15, -0.1) is 11.3 Å².